The van der Waals surface area contributed by atoms with Crippen LogP contribution in [0.1, 0.15) is 26.7 Å². The zero-order chi connectivity index (χ0) is 13.0. The maximum Gasteiger partial charge on any atom is 0.0504 e. The molecule has 1 aromatic carbocycles. The molecule has 0 unspecified atom stereocenters. The lowest BCUT2D eigenvalue weighted by atomic mass is 9.83. The maximum atomic E-state index is 9.55. The summed E-state index contributed by atoms with van der Waals surface area (Å²) in [5.74, 6) is 0. The van der Waals surface area contributed by atoms with Crippen molar-refractivity contribution in [2.75, 3.05) is 18.5 Å². The quantitative estimate of drug-likeness (QED) is 0.731. The van der Waals surface area contributed by atoms with Crippen molar-refractivity contribution in [3.8, 4) is 0 Å². The van der Waals surface area contributed by atoms with Crippen LogP contribution in [0.15, 0.2) is 30.5 Å². The lowest BCUT2D eigenvalue weighted by molar-refractivity contribution is 0.127. The Balaban J connectivity index is 2.09. The van der Waals surface area contributed by atoms with Gasteiger partial charge in [0, 0.05) is 34.7 Å². The van der Waals surface area contributed by atoms with Gasteiger partial charge >= 0.3 is 0 Å². The van der Waals surface area contributed by atoms with E-state index < -0.39 is 0 Å². The van der Waals surface area contributed by atoms with E-state index in [2.05, 4.69) is 48.4 Å². The summed E-state index contributed by atoms with van der Waals surface area (Å²) in [6.07, 6.45) is 3.92. The third-order valence-corrected chi connectivity index (χ3v) is 4.06. The highest BCUT2D eigenvalue weighted by molar-refractivity contribution is 5.82. The number of rotatable bonds is 6. The molecule has 0 amide bonds. The van der Waals surface area contributed by atoms with Gasteiger partial charge < -0.3 is 15.4 Å². The zero-order valence-electron chi connectivity index (χ0n) is 11.2. The zero-order valence-corrected chi connectivity index (χ0v) is 11.2. The summed E-state index contributed by atoms with van der Waals surface area (Å²) in [4.78, 5) is 3.18. The highest BCUT2D eigenvalue weighted by atomic mass is 16.3. The predicted molar refractivity (Wildman–Crippen MR) is 76.9 cm³/mol. The Morgan fingerprint density at radius 2 is 2.00 bits per heavy atom. The summed E-state index contributed by atoms with van der Waals surface area (Å²) in [7, 11) is 0. The van der Waals surface area contributed by atoms with Gasteiger partial charge in [-0.15, -0.1) is 0 Å². The van der Waals surface area contributed by atoms with Gasteiger partial charge in [-0.05, 0) is 37.1 Å². The van der Waals surface area contributed by atoms with Gasteiger partial charge in [0.25, 0.3) is 0 Å². The Kier molecular flexibility index (Phi) is 3.92. The van der Waals surface area contributed by atoms with Gasteiger partial charge in [0.2, 0.25) is 0 Å². The molecular weight excluding hydrogens is 224 g/mol. The highest BCUT2D eigenvalue weighted by Crippen LogP contribution is 2.27. The summed E-state index contributed by atoms with van der Waals surface area (Å²) < 4.78 is 0. The largest absolute Gasteiger partial charge is 0.396 e. The fraction of sp³-hybridized carbons (Fsp3) is 0.467. The summed E-state index contributed by atoms with van der Waals surface area (Å²) in [5.41, 5.74) is 2.26. The molecule has 0 aliphatic rings. The van der Waals surface area contributed by atoms with E-state index in [9.17, 15) is 5.11 Å². The fourth-order valence-corrected chi connectivity index (χ4v) is 2.23. The molecule has 0 saturated carbocycles. The van der Waals surface area contributed by atoms with E-state index in [1.165, 1.54) is 5.39 Å². The van der Waals surface area contributed by atoms with Crippen LogP contribution in [0.3, 0.4) is 0 Å². The number of aromatic nitrogens is 1. The predicted octanol–water partition coefficient (Wildman–Crippen LogP) is 3.38. The molecule has 0 bridgehead atoms. The van der Waals surface area contributed by atoms with E-state index in [1.807, 2.05) is 6.20 Å². The molecule has 0 radical (unpaired) electrons. The van der Waals surface area contributed by atoms with Gasteiger partial charge in [0.1, 0.15) is 0 Å². The topological polar surface area (TPSA) is 48.0 Å². The van der Waals surface area contributed by atoms with Crippen LogP contribution in [0.5, 0.6) is 0 Å². The molecule has 2 aromatic rings. The number of aliphatic hydroxyl groups excluding tert-OH is 1. The fourth-order valence-electron chi connectivity index (χ4n) is 2.23. The van der Waals surface area contributed by atoms with Crippen molar-refractivity contribution < 1.29 is 5.11 Å². The highest BCUT2D eigenvalue weighted by Gasteiger charge is 2.24. The molecule has 0 aliphatic heterocycles. The maximum absolute atomic E-state index is 9.55. The summed E-state index contributed by atoms with van der Waals surface area (Å²) in [6, 6.07) is 8.36. The van der Waals surface area contributed by atoms with Crippen molar-refractivity contribution in [3.63, 3.8) is 0 Å². The van der Waals surface area contributed by atoms with Crippen LogP contribution >= 0.6 is 0 Å². The van der Waals surface area contributed by atoms with Crippen LogP contribution in [0.2, 0.25) is 0 Å². The second-order valence-corrected chi connectivity index (χ2v) is 5.00. The summed E-state index contributed by atoms with van der Waals surface area (Å²) in [6.45, 7) is 5.32. The Morgan fingerprint density at radius 3 is 2.67 bits per heavy atom. The van der Waals surface area contributed by atoms with Crippen molar-refractivity contribution in [1.82, 2.24) is 4.98 Å². The minimum absolute atomic E-state index is 0.00684. The average molecular weight is 246 g/mol. The van der Waals surface area contributed by atoms with Crippen LogP contribution in [-0.4, -0.2) is 23.2 Å². The third kappa shape index (κ3) is 2.51. The van der Waals surface area contributed by atoms with Crippen molar-refractivity contribution in [2.24, 2.45) is 5.41 Å². The molecule has 0 fully saturated rings. The van der Waals surface area contributed by atoms with Crippen LogP contribution in [-0.2, 0) is 0 Å². The monoisotopic (exact) mass is 246 g/mol. The van der Waals surface area contributed by atoms with E-state index in [4.69, 9.17) is 0 Å². The van der Waals surface area contributed by atoms with Gasteiger partial charge in [0.05, 0.1) is 6.61 Å². The molecule has 3 nitrogen and oxygen atoms in total. The van der Waals surface area contributed by atoms with E-state index in [0.717, 1.165) is 30.6 Å². The number of aliphatic hydroxyl groups is 1. The minimum atomic E-state index is -0.00684. The van der Waals surface area contributed by atoms with Crippen LogP contribution in [0, 0.1) is 5.41 Å². The number of fused-ring (bicyclic) bond motifs is 1. The Bertz CT molecular complexity index is 492. The number of anilines is 1. The standard InChI is InChI=1S/C15H22N2O/c1-3-15(4-2,11-18)10-17-13-5-6-14-12(9-13)7-8-16-14/h5-9,16-18H,3-4,10-11H2,1-2H3. The molecule has 1 heterocycles. The molecule has 98 valence electrons. The molecular formula is C15H22N2O. The van der Waals surface area contributed by atoms with Gasteiger partial charge in [-0.1, -0.05) is 13.8 Å². The number of hydrogen-bond acceptors (Lipinski definition) is 2. The number of benzene rings is 1. The van der Waals surface area contributed by atoms with E-state index in [-0.39, 0.29) is 12.0 Å². The SMILES string of the molecule is CCC(CC)(CO)CNc1ccc2[nH]ccc2c1. The van der Waals surface area contributed by atoms with E-state index in [0.29, 0.717) is 0 Å². The summed E-state index contributed by atoms with van der Waals surface area (Å²) >= 11 is 0. The number of hydrogen-bond donors (Lipinski definition) is 3. The number of nitrogens with one attached hydrogen (secondary N) is 2. The summed E-state index contributed by atoms with van der Waals surface area (Å²) in [5, 5.41) is 14.2. The second kappa shape index (κ2) is 5.44. The van der Waals surface area contributed by atoms with Crippen molar-refractivity contribution >= 4 is 16.6 Å². The lowest BCUT2D eigenvalue weighted by Gasteiger charge is -2.30. The first kappa shape index (κ1) is 13.0. The first-order valence-electron chi connectivity index (χ1n) is 6.65. The van der Waals surface area contributed by atoms with Gasteiger partial charge in [0.15, 0.2) is 0 Å². The number of H-pyrrole nitrogens is 1. The van der Waals surface area contributed by atoms with Crippen molar-refractivity contribution in [2.45, 2.75) is 26.7 Å². The normalized spacial score (nSPS) is 11.9. The van der Waals surface area contributed by atoms with Crippen molar-refractivity contribution in [3.05, 3.63) is 30.5 Å². The van der Waals surface area contributed by atoms with Crippen molar-refractivity contribution in [1.29, 1.82) is 0 Å². The van der Waals surface area contributed by atoms with Crippen LogP contribution in [0.4, 0.5) is 5.69 Å². The molecule has 0 aliphatic carbocycles. The van der Waals surface area contributed by atoms with Gasteiger partial charge in [-0.2, -0.15) is 0 Å². The molecule has 3 heteroatoms. The second-order valence-electron chi connectivity index (χ2n) is 5.00. The Hall–Kier alpha value is -1.48. The van der Waals surface area contributed by atoms with E-state index in [1.54, 1.807) is 0 Å². The first-order chi connectivity index (χ1) is 8.73. The Morgan fingerprint density at radius 1 is 1.22 bits per heavy atom. The molecule has 0 spiro atoms. The molecule has 0 atom stereocenters. The third-order valence-electron chi connectivity index (χ3n) is 4.06. The molecule has 1 aromatic heterocycles. The molecule has 2 rings (SSSR count). The molecule has 0 saturated heterocycles. The van der Waals surface area contributed by atoms with Crippen LogP contribution < -0.4 is 5.32 Å². The van der Waals surface area contributed by atoms with Crippen LogP contribution in [0.25, 0.3) is 10.9 Å². The van der Waals surface area contributed by atoms with E-state index >= 15 is 0 Å². The number of aromatic amines is 1. The first-order valence-corrected chi connectivity index (χ1v) is 6.65. The smallest absolute Gasteiger partial charge is 0.0504 e. The molecule has 18 heavy (non-hydrogen) atoms. The minimum Gasteiger partial charge on any atom is -0.396 e. The lowest BCUT2D eigenvalue weighted by Crippen LogP contribution is -2.32. The van der Waals surface area contributed by atoms with Gasteiger partial charge in [-0.25, -0.2) is 0 Å². The van der Waals surface area contributed by atoms with Gasteiger partial charge in [-0.3, -0.25) is 0 Å². The molecule has 3 N–H and O–H groups in total. The Labute approximate surface area is 108 Å². The average Bonchev–Trinajstić information content (AvgIpc) is 2.88.